The molecular weight excluding hydrogens is 902 g/mol. The number of benzene rings is 8. The number of nitrogens with zero attached hydrogens (tertiary/aromatic N) is 5. The molecule has 0 saturated heterocycles. The summed E-state index contributed by atoms with van der Waals surface area (Å²) in [6, 6.07) is 71.3. The molecule has 0 N–H and O–H groups in total. The van der Waals surface area contributed by atoms with E-state index in [-0.39, 0.29) is 28.4 Å². The molecule has 11 rings (SSSR count). The van der Waals surface area contributed by atoms with Crippen molar-refractivity contribution in [1.29, 1.82) is 0 Å². The minimum atomic E-state index is -0.302. The van der Waals surface area contributed by atoms with E-state index in [0.717, 1.165) is 62.5 Å². The predicted octanol–water partition coefficient (Wildman–Crippen LogP) is 16.9. The highest BCUT2D eigenvalue weighted by Crippen LogP contribution is 2.51. The topological polar surface area (TPSA) is 39.0 Å². The number of hydrogen-bond acceptors (Lipinski definition) is 6. The van der Waals surface area contributed by atoms with Crippen molar-refractivity contribution < 1.29 is 4.42 Å². The van der Waals surface area contributed by atoms with Crippen LogP contribution in [0.15, 0.2) is 199 Å². The smallest absolute Gasteiger partial charge is 0.307 e. The van der Waals surface area contributed by atoms with Gasteiger partial charge in [-0.1, -0.05) is 186 Å². The van der Waals surface area contributed by atoms with Crippen LogP contribution in [0.3, 0.4) is 0 Å². The molecule has 74 heavy (non-hydrogen) atoms. The number of anilines is 12. The van der Waals surface area contributed by atoms with Gasteiger partial charge in [0.15, 0.2) is 0 Å². The summed E-state index contributed by atoms with van der Waals surface area (Å²) >= 11 is 0. The summed E-state index contributed by atoms with van der Waals surface area (Å²) in [5.74, 6) is 0.699. The van der Waals surface area contributed by atoms with Gasteiger partial charge < -0.3 is 14.2 Å². The first-order valence-electron chi connectivity index (χ1n) is 26.2. The lowest BCUT2D eigenvalue weighted by atomic mass is 9.35. The van der Waals surface area contributed by atoms with Crippen LogP contribution in [0.5, 0.6) is 0 Å². The van der Waals surface area contributed by atoms with Crippen molar-refractivity contribution in [3.63, 3.8) is 0 Å². The number of hydrogen-bond donors (Lipinski definition) is 0. The summed E-state index contributed by atoms with van der Waals surface area (Å²) in [4.78, 5) is 15.3. The van der Waals surface area contributed by atoms with E-state index in [2.05, 4.69) is 297 Å². The SMILES string of the molecule is CC(C)(C)c1ccc(N2c3ccc(C(C)(C)C)cc3B3c4nc(N(c5ccccc5)c5ccccc5)oc4N(c4cc(C(C)(C)C)cc(C(C)(C)C)c4)c4cc(N(c5ccccc5)c5ccccc5)cc2c43)cc1. The van der Waals surface area contributed by atoms with Crippen molar-refractivity contribution in [2.24, 2.45) is 0 Å². The summed E-state index contributed by atoms with van der Waals surface area (Å²) in [6.45, 7) is 27.4. The quantitative estimate of drug-likeness (QED) is 0.141. The van der Waals surface area contributed by atoms with Crippen LogP contribution in [-0.2, 0) is 21.7 Å². The molecule has 0 fully saturated rings. The third-order valence-corrected chi connectivity index (χ3v) is 14.8. The first kappa shape index (κ1) is 48.5. The Labute approximate surface area is 440 Å². The van der Waals surface area contributed by atoms with Gasteiger partial charge in [0.25, 0.3) is 6.71 Å². The molecule has 370 valence electrons. The van der Waals surface area contributed by atoms with Gasteiger partial charge in [0.1, 0.15) is 0 Å². The van der Waals surface area contributed by atoms with E-state index in [1.54, 1.807) is 0 Å². The highest BCUT2D eigenvalue weighted by Gasteiger charge is 2.48. The van der Waals surface area contributed by atoms with E-state index in [9.17, 15) is 0 Å². The first-order chi connectivity index (χ1) is 35.2. The van der Waals surface area contributed by atoms with E-state index in [1.165, 1.54) is 33.2 Å². The van der Waals surface area contributed by atoms with Crippen LogP contribution in [0, 0.1) is 0 Å². The zero-order valence-corrected chi connectivity index (χ0v) is 45.2. The zero-order valence-electron chi connectivity index (χ0n) is 45.2. The summed E-state index contributed by atoms with van der Waals surface area (Å²) in [6.07, 6.45) is 0. The van der Waals surface area contributed by atoms with Crippen molar-refractivity contribution in [2.75, 3.05) is 19.6 Å². The molecule has 0 aliphatic carbocycles. The second-order valence-corrected chi connectivity index (χ2v) is 24.3. The molecule has 3 heterocycles. The molecule has 1 aromatic heterocycles. The predicted molar refractivity (Wildman–Crippen MR) is 315 cm³/mol. The highest BCUT2D eigenvalue weighted by atomic mass is 16.4. The number of oxazole rings is 1. The largest absolute Gasteiger partial charge is 0.407 e. The molecule has 0 saturated carbocycles. The monoisotopic (exact) mass is 970 g/mol. The Kier molecular flexibility index (Phi) is 11.8. The lowest BCUT2D eigenvalue weighted by Gasteiger charge is -2.43. The number of aromatic nitrogens is 1. The molecule has 2 aliphatic heterocycles. The van der Waals surface area contributed by atoms with Crippen molar-refractivity contribution in [2.45, 2.75) is 105 Å². The van der Waals surface area contributed by atoms with Crippen molar-refractivity contribution in [3.05, 3.63) is 216 Å². The molecule has 7 heteroatoms. The van der Waals surface area contributed by atoms with Gasteiger partial charge in [0, 0.05) is 39.8 Å². The summed E-state index contributed by atoms with van der Waals surface area (Å²) in [5, 5.41) is 0. The molecule has 2 aliphatic rings. The van der Waals surface area contributed by atoms with Crippen LogP contribution < -0.4 is 36.1 Å². The van der Waals surface area contributed by atoms with E-state index < -0.39 is 0 Å². The fourth-order valence-corrected chi connectivity index (χ4v) is 10.7. The summed E-state index contributed by atoms with van der Waals surface area (Å²) in [7, 11) is 0. The molecule has 0 amide bonds. The molecule has 0 atom stereocenters. The number of para-hydroxylation sites is 4. The van der Waals surface area contributed by atoms with E-state index in [4.69, 9.17) is 9.40 Å². The van der Waals surface area contributed by atoms with Gasteiger partial charge in [-0.3, -0.25) is 9.80 Å². The number of fused-ring (bicyclic) bond motifs is 4. The van der Waals surface area contributed by atoms with E-state index in [1.807, 2.05) is 0 Å². The fraction of sp³-hybridized carbons (Fsp3) is 0.239. The third-order valence-electron chi connectivity index (χ3n) is 14.8. The van der Waals surface area contributed by atoms with E-state index >= 15 is 0 Å². The molecule has 0 spiro atoms. The molecule has 8 aromatic carbocycles. The maximum absolute atomic E-state index is 7.60. The van der Waals surface area contributed by atoms with Gasteiger partial charge in [-0.2, -0.15) is 0 Å². The average Bonchev–Trinajstić information content (AvgIpc) is 3.84. The van der Waals surface area contributed by atoms with Gasteiger partial charge in [0.2, 0.25) is 5.88 Å². The van der Waals surface area contributed by atoms with Gasteiger partial charge >= 0.3 is 6.01 Å². The van der Waals surface area contributed by atoms with Crippen molar-refractivity contribution >= 4 is 92.0 Å². The zero-order chi connectivity index (χ0) is 51.9. The molecule has 9 aromatic rings. The van der Waals surface area contributed by atoms with Crippen LogP contribution in [0.2, 0.25) is 0 Å². The van der Waals surface area contributed by atoms with Gasteiger partial charge in [-0.15, -0.1) is 0 Å². The Morgan fingerprint density at radius 2 is 0.811 bits per heavy atom. The summed E-state index contributed by atoms with van der Waals surface area (Å²) < 4.78 is 7.60. The third kappa shape index (κ3) is 8.76. The van der Waals surface area contributed by atoms with Gasteiger partial charge in [-0.25, -0.2) is 4.98 Å². The lowest BCUT2D eigenvalue weighted by Crippen LogP contribution is -2.62. The molecular formula is C67H68BN5O. The molecule has 0 unspecified atom stereocenters. The Hall–Kier alpha value is -7.77. The Balaban J connectivity index is 1.30. The first-order valence-corrected chi connectivity index (χ1v) is 26.2. The minimum Gasteiger partial charge on any atom is -0.407 e. The number of rotatable bonds is 8. The Bertz CT molecular complexity index is 3380. The van der Waals surface area contributed by atoms with Crippen molar-refractivity contribution in [3.8, 4) is 0 Å². The van der Waals surface area contributed by atoms with Gasteiger partial charge in [0.05, 0.1) is 22.7 Å². The van der Waals surface area contributed by atoms with Crippen LogP contribution >= 0.6 is 0 Å². The normalized spacial score (nSPS) is 13.3. The van der Waals surface area contributed by atoms with Crippen LogP contribution in [0.4, 0.5) is 68.8 Å². The van der Waals surface area contributed by atoms with Gasteiger partial charge in [-0.05, 0) is 146 Å². The summed E-state index contributed by atoms with van der Waals surface area (Å²) in [5.41, 5.74) is 18.2. The minimum absolute atomic E-state index is 0.0154. The average molecular weight is 970 g/mol. The van der Waals surface area contributed by atoms with Crippen LogP contribution in [-0.4, -0.2) is 11.7 Å². The second kappa shape index (κ2) is 18.0. The molecule has 6 nitrogen and oxygen atoms in total. The van der Waals surface area contributed by atoms with Crippen LogP contribution in [0.1, 0.15) is 105 Å². The van der Waals surface area contributed by atoms with Crippen LogP contribution in [0.25, 0.3) is 0 Å². The fourth-order valence-electron chi connectivity index (χ4n) is 10.7. The maximum atomic E-state index is 7.60. The molecule has 0 radical (unpaired) electrons. The maximum Gasteiger partial charge on any atom is 0.307 e. The Morgan fingerprint density at radius 3 is 1.27 bits per heavy atom. The van der Waals surface area contributed by atoms with Crippen molar-refractivity contribution in [1.82, 2.24) is 4.98 Å². The second-order valence-electron chi connectivity index (χ2n) is 24.3. The molecule has 0 bridgehead atoms. The highest BCUT2D eigenvalue weighted by molar-refractivity contribution is 6.99. The standard InChI is InChI=1S/C67H68BN5O/c1-64(2,3)45-33-36-53(37-34-45)72-57-38-35-46(65(4,5)6)42-56(57)68-60-58(72)43-55(70(49-25-17-13-18-26-49)50-27-19-14-20-28-50)44-59(60)73(54-40-47(66(7,8)9)39-48(41-54)67(10,11)12)62-61(68)69-63(74-62)71(51-29-21-15-22-30-51)52-31-23-16-24-32-52/h13-44H,1-12H3. The van der Waals surface area contributed by atoms with E-state index in [0.29, 0.717) is 11.9 Å². The Morgan fingerprint density at radius 1 is 0.378 bits per heavy atom. The lowest BCUT2D eigenvalue weighted by molar-refractivity contribution is 0.564.